The number of hydrogen-bond donors (Lipinski definition) is 3. The molecule has 0 rings (SSSR count). The number of unbranched alkanes of at least 4 members (excludes halogenated alkanes) is 24. The van der Waals surface area contributed by atoms with Crippen molar-refractivity contribution in [1.29, 1.82) is 0 Å². The molecule has 0 bridgehead atoms. The summed E-state index contributed by atoms with van der Waals surface area (Å²) in [5, 5.41) is 8.89. The standard InChI is InChI=1S/C44H82NO10P/c1-3-5-7-9-11-13-15-17-18-19-20-21-22-24-26-28-30-32-34-36-43(47)55-40(38-53-56(50,51)54-39-41(45)44(48)49)37-52-42(46)35-33-31-29-27-25-23-16-14-12-10-8-6-4-2/h14,16-18,40-41H,3-13,15,19-39,45H2,1-2H3,(H,48,49)(H,50,51)/b16-14-,18-17-. The largest absolute Gasteiger partial charge is 0.480 e. The van der Waals surface area contributed by atoms with Crippen molar-refractivity contribution < 1.29 is 47.5 Å². The van der Waals surface area contributed by atoms with Crippen LogP contribution in [0.1, 0.15) is 206 Å². The van der Waals surface area contributed by atoms with Crippen LogP contribution < -0.4 is 5.73 Å². The van der Waals surface area contributed by atoms with Gasteiger partial charge in [0.05, 0.1) is 13.2 Å². The summed E-state index contributed by atoms with van der Waals surface area (Å²) in [5.41, 5.74) is 5.33. The summed E-state index contributed by atoms with van der Waals surface area (Å²) in [7, 11) is -4.71. The van der Waals surface area contributed by atoms with E-state index in [9.17, 15) is 23.8 Å². The molecule has 0 heterocycles. The molecule has 0 saturated carbocycles. The van der Waals surface area contributed by atoms with Crippen molar-refractivity contribution in [3.8, 4) is 0 Å². The SMILES string of the molecule is CCCCCC/C=C\CCCCCCCC(=O)OCC(COP(=O)(O)OCC(N)C(=O)O)OC(=O)CCCCCCCCCCC/C=C\CCCCCCCC. The van der Waals surface area contributed by atoms with E-state index in [-0.39, 0.29) is 19.4 Å². The zero-order valence-electron chi connectivity index (χ0n) is 35.5. The highest BCUT2D eigenvalue weighted by Crippen LogP contribution is 2.43. The van der Waals surface area contributed by atoms with Crippen LogP contribution >= 0.6 is 7.82 Å². The van der Waals surface area contributed by atoms with Crippen LogP contribution in [0, 0.1) is 0 Å². The molecular weight excluding hydrogens is 733 g/mol. The molecule has 12 heteroatoms. The van der Waals surface area contributed by atoms with Crippen LogP contribution in [-0.2, 0) is 37.5 Å². The smallest absolute Gasteiger partial charge is 0.472 e. The van der Waals surface area contributed by atoms with Gasteiger partial charge in [-0.3, -0.25) is 23.4 Å². The second-order valence-corrected chi connectivity index (χ2v) is 16.6. The maximum Gasteiger partial charge on any atom is 0.472 e. The molecule has 0 radical (unpaired) electrons. The van der Waals surface area contributed by atoms with Gasteiger partial charge in [-0.15, -0.1) is 0 Å². The van der Waals surface area contributed by atoms with Gasteiger partial charge in [-0.25, -0.2) is 4.57 Å². The average molecular weight is 816 g/mol. The molecule has 0 aromatic rings. The molecule has 0 aromatic carbocycles. The van der Waals surface area contributed by atoms with Gasteiger partial charge in [0.15, 0.2) is 6.10 Å². The van der Waals surface area contributed by atoms with Crippen molar-refractivity contribution in [2.75, 3.05) is 19.8 Å². The topological polar surface area (TPSA) is 172 Å². The number of rotatable bonds is 42. The van der Waals surface area contributed by atoms with Gasteiger partial charge in [-0.05, 0) is 64.2 Å². The van der Waals surface area contributed by atoms with Crippen LogP contribution in [0.2, 0.25) is 0 Å². The number of aliphatic carboxylic acids is 1. The molecule has 0 aromatic heterocycles. The number of carboxylic acids is 1. The number of phosphoric ester groups is 1. The lowest BCUT2D eigenvalue weighted by molar-refractivity contribution is -0.161. The van der Waals surface area contributed by atoms with E-state index in [0.29, 0.717) is 12.8 Å². The van der Waals surface area contributed by atoms with Gasteiger partial charge in [0.2, 0.25) is 0 Å². The minimum atomic E-state index is -4.71. The van der Waals surface area contributed by atoms with Crippen molar-refractivity contribution in [2.45, 2.75) is 219 Å². The minimum absolute atomic E-state index is 0.159. The van der Waals surface area contributed by atoms with Crippen LogP contribution in [0.25, 0.3) is 0 Å². The lowest BCUT2D eigenvalue weighted by Gasteiger charge is -2.20. The first kappa shape index (κ1) is 54.0. The van der Waals surface area contributed by atoms with Gasteiger partial charge in [-0.1, -0.05) is 154 Å². The molecule has 0 fully saturated rings. The number of carbonyl (C=O) groups is 3. The fourth-order valence-corrected chi connectivity index (χ4v) is 6.89. The second-order valence-electron chi connectivity index (χ2n) is 15.2. The first-order valence-corrected chi connectivity index (χ1v) is 23.9. The predicted molar refractivity (Wildman–Crippen MR) is 226 cm³/mol. The number of ether oxygens (including phenoxy) is 2. The van der Waals surface area contributed by atoms with Gasteiger partial charge in [0, 0.05) is 12.8 Å². The Morgan fingerprint density at radius 2 is 0.893 bits per heavy atom. The third kappa shape index (κ3) is 38.8. The predicted octanol–water partition coefficient (Wildman–Crippen LogP) is 11.8. The Morgan fingerprint density at radius 1 is 0.536 bits per heavy atom. The van der Waals surface area contributed by atoms with Gasteiger partial charge in [0.25, 0.3) is 0 Å². The minimum Gasteiger partial charge on any atom is -0.480 e. The maximum absolute atomic E-state index is 12.6. The number of carboxylic acid groups (broad SMARTS) is 1. The molecule has 0 aliphatic rings. The van der Waals surface area contributed by atoms with Gasteiger partial charge in [0.1, 0.15) is 12.6 Å². The van der Waals surface area contributed by atoms with Crippen molar-refractivity contribution in [2.24, 2.45) is 5.73 Å². The van der Waals surface area contributed by atoms with E-state index in [1.54, 1.807) is 0 Å². The Hall–Kier alpha value is -2.04. The van der Waals surface area contributed by atoms with E-state index in [1.807, 2.05) is 0 Å². The molecule has 328 valence electrons. The van der Waals surface area contributed by atoms with Crippen molar-refractivity contribution >= 4 is 25.7 Å². The molecular formula is C44H82NO10P. The molecule has 0 spiro atoms. The second kappa shape index (κ2) is 39.8. The molecule has 0 amide bonds. The highest BCUT2D eigenvalue weighted by Gasteiger charge is 2.28. The number of allylic oxidation sites excluding steroid dienone is 4. The van der Waals surface area contributed by atoms with E-state index in [4.69, 9.17) is 24.8 Å². The van der Waals surface area contributed by atoms with Crippen LogP contribution in [0.3, 0.4) is 0 Å². The molecule has 3 unspecified atom stereocenters. The summed E-state index contributed by atoms with van der Waals surface area (Å²) in [6.07, 6.45) is 41.0. The van der Waals surface area contributed by atoms with E-state index in [0.717, 1.165) is 57.8 Å². The Bertz CT molecular complexity index is 1050. The molecule has 0 aliphatic carbocycles. The van der Waals surface area contributed by atoms with E-state index < -0.39 is 51.1 Å². The number of esters is 2. The fraction of sp³-hybridized carbons (Fsp3) is 0.841. The first-order valence-electron chi connectivity index (χ1n) is 22.4. The molecule has 3 atom stereocenters. The van der Waals surface area contributed by atoms with Crippen LogP contribution in [-0.4, -0.2) is 59.9 Å². The van der Waals surface area contributed by atoms with Crippen molar-refractivity contribution in [3.63, 3.8) is 0 Å². The number of phosphoric acid groups is 1. The van der Waals surface area contributed by atoms with E-state index in [2.05, 4.69) is 42.7 Å². The Kier molecular flexibility index (Phi) is 38.3. The third-order valence-corrected chi connectivity index (χ3v) is 10.6. The van der Waals surface area contributed by atoms with Crippen LogP contribution in [0.5, 0.6) is 0 Å². The van der Waals surface area contributed by atoms with Crippen LogP contribution in [0.4, 0.5) is 0 Å². The highest BCUT2D eigenvalue weighted by molar-refractivity contribution is 7.47. The van der Waals surface area contributed by atoms with Gasteiger partial charge in [-0.2, -0.15) is 0 Å². The summed E-state index contributed by atoms with van der Waals surface area (Å²) in [6.45, 7) is 2.78. The van der Waals surface area contributed by atoms with Crippen molar-refractivity contribution in [3.05, 3.63) is 24.3 Å². The summed E-state index contributed by atoms with van der Waals surface area (Å²) < 4.78 is 32.7. The Labute approximate surface area is 340 Å². The zero-order valence-corrected chi connectivity index (χ0v) is 36.4. The molecule has 0 saturated heterocycles. The lowest BCUT2D eigenvalue weighted by atomic mass is 10.1. The number of hydrogen-bond acceptors (Lipinski definition) is 9. The lowest BCUT2D eigenvalue weighted by Crippen LogP contribution is -2.34. The first-order chi connectivity index (χ1) is 27.1. The monoisotopic (exact) mass is 816 g/mol. The van der Waals surface area contributed by atoms with E-state index in [1.165, 1.54) is 109 Å². The molecule has 4 N–H and O–H groups in total. The Morgan fingerprint density at radius 3 is 1.32 bits per heavy atom. The molecule has 11 nitrogen and oxygen atoms in total. The van der Waals surface area contributed by atoms with Crippen molar-refractivity contribution in [1.82, 2.24) is 0 Å². The summed E-state index contributed by atoms with van der Waals surface area (Å²) in [5.74, 6) is -2.38. The zero-order chi connectivity index (χ0) is 41.4. The summed E-state index contributed by atoms with van der Waals surface area (Å²) in [6, 6.07) is -1.52. The quantitative estimate of drug-likeness (QED) is 0.0232. The maximum atomic E-state index is 12.6. The average Bonchev–Trinajstić information content (AvgIpc) is 3.17. The Balaban J connectivity index is 4.32. The van der Waals surface area contributed by atoms with Gasteiger partial charge >= 0.3 is 25.7 Å². The van der Waals surface area contributed by atoms with Gasteiger partial charge < -0.3 is 25.2 Å². The number of nitrogens with two attached hydrogens (primary N) is 1. The molecule has 0 aliphatic heterocycles. The molecule has 56 heavy (non-hydrogen) atoms. The third-order valence-electron chi connectivity index (χ3n) is 9.67. The number of carbonyl (C=O) groups excluding carboxylic acids is 2. The van der Waals surface area contributed by atoms with E-state index >= 15 is 0 Å². The fourth-order valence-electron chi connectivity index (χ4n) is 6.11. The van der Waals surface area contributed by atoms with Crippen LogP contribution in [0.15, 0.2) is 24.3 Å². The summed E-state index contributed by atoms with van der Waals surface area (Å²) >= 11 is 0. The summed E-state index contributed by atoms with van der Waals surface area (Å²) in [4.78, 5) is 45.9. The normalized spacial score (nSPS) is 13.9. The highest BCUT2D eigenvalue weighted by atomic mass is 31.2.